The van der Waals surface area contributed by atoms with E-state index in [2.05, 4.69) is 149 Å². The van der Waals surface area contributed by atoms with Crippen molar-refractivity contribution in [2.75, 3.05) is 92.5 Å². The first kappa shape index (κ1) is 55.5. The highest BCUT2D eigenvalue weighted by molar-refractivity contribution is 6.71. The zero-order chi connectivity index (χ0) is 51.6. The topological polar surface area (TPSA) is 92.3 Å². The van der Waals surface area contributed by atoms with E-state index in [0.29, 0.717) is 91.1 Å². The molecule has 0 fully saturated rings. The third-order valence-electron chi connectivity index (χ3n) is 14.6. The second kappa shape index (κ2) is 27.9. The van der Waals surface area contributed by atoms with Crippen LogP contribution in [0.2, 0.25) is 38.3 Å². The molecule has 74 heavy (non-hydrogen) atoms. The molecule has 6 aromatic rings. The summed E-state index contributed by atoms with van der Waals surface area (Å²) in [6.07, 6.45) is 6.47. The van der Waals surface area contributed by atoms with E-state index in [1.165, 1.54) is 0 Å². The van der Waals surface area contributed by atoms with Crippen molar-refractivity contribution in [1.82, 2.24) is 0 Å². The third kappa shape index (κ3) is 15.4. The van der Waals surface area contributed by atoms with Crippen LogP contribution in [0.25, 0.3) is 54.9 Å². The van der Waals surface area contributed by atoms with E-state index in [-0.39, 0.29) is 0 Å². The van der Waals surface area contributed by atoms with E-state index >= 15 is 0 Å². The van der Waals surface area contributed by atoms with Crippen LogP contribution in [0.3, 0.4) is 0 Å². The number of hydrogen-bond acceptors (Lipinski definition) is 10. The Balaban J connectivity index is 1.31. The fourth-order valence-electron chi connectivity index (χ4n) is 10.9. The largest absolute Gasteiger partial charge is 0.494 e. The molecule has 12 heteroatoms. The smallest absolute Gasteiger partial charge is 0.186 e. The molecule has 2 heterocycles. The molecule has 2 aliphatic rings. The zero-order valence-electron chi connectivity index (χ0n) is 45.2. The molecule has 0 radical (unpaired) electrons. The van der Waals surface area contributed by atoms with Crippen molar-refractivity contribution in [1.29, 1.82) is 0 Å². The minimum Gasteiger partial charge on any atom is -0.494 e. The molecule has 2 aliphatic heterocycles. The standard InChI is InChI=1S/C62H82O10Si2/c1-7-71-73(3,4)41-15-21-47-27-29-67-53-25-23-51-43-57(49-17-11-9-12-18-49)61-59(55(51)45-53)60-56-46-54(68-30-28-48(47)22-16-42-74(5,6)72-8-2)26-24-52(56)44-58(50-19-13-10-14-20-50)62(60)70-40-38-66-36-34-64-32-31-63-33-35-65-37-39-69-61/h9-14,17-20,23-26,43-48H,7-8,15-16,21-22,27-42H2,1-6H3/t47-,48-/m1/s1. The molecule has 0 saturated heterocycles. The summed E-state index contributed by atoms with van der Waals surface area (Å²) < 4.78 is 64.8. The summed E-state index contributed by atoms with van der Waals surface area (Å²) in [7, 11) is -3.52. The maximum Gasteiger partial charge on any atom is 0.186 e. The van der Waals surface area contributed by atoms with Gasteiger partial charge in [0.2, 0.25) is 0 Å². The Labute approximate surface area is 443 Å². The summed E-state index contributed by atoms with van der Waals surface area (Å²) in [5, 5.41) is 4.10. The lowest BCUT2D eigenvalue weighted by atomic mass is 9.81. The highest BCUT2D eigenvalue weighted by atomic mass is 28.4. The van der Waals surface area contributed by atoms with E-state index in [0.717, 1.165) is 142 Å². The van der Waals surface area contributed by atoms with Gasteiger partial charge in [0.25, 0.3) is 0 Å². The summed E-state index contributed by atoms with van der Waals surface area (Å²) in [4.78, 5) is 0. The van der Waals surface area contributed by atoms with Gasteiger partial charge in [-0.15, -0.1) is 0 Å². The van der Waals surface area contributed by atoms with Crippen LogP contribution in [0.15, 0.2) is 109 Å². The van der Waals surface area contributed by atoms with Crippen molar-refractivity contribution < 1.29 is 46.7 Å². The second-order valence-electron chi connectivity index (χ2n) is 20.9. The second-order valence-corrected chi connectivity index (χ2v) is 29.5. The zero-order valence-corrected chi connectivity index (χ0v) is 47.2. The van der Waals surface area contributed by atoms with Crippen molar-refractivity contribution >= 4 is 38.2 Å². The molecular formula is C62H82O10Si2. The number of benzene rings is 6. The lowest BCUT2D eigenvalue weighted by molar-refractivity contribution is -0.00701. The van der Waals surface area contributed by atoms with Crippen LogP contribution in [-0.2, 0) is 27.8 Å². The summed E-state index contributed by atoms with van der Waals surface area (Å²) in [6, 6.07) is 41.0. The average Bonchev–Trinajstić information content (AvgIpc) is 3.39. The molecule has 6 aromatic carbocycles. The van der Waals surface area contributed by atoms with E-state index < -0.39 is 16.6 Å². The van der Waals surface area contributed by atoms with Crippen LogP contribution in [0.4, 0.5) is 0 Å². The first-order chi connectivity index (χ1) is 36.1. The van der Waals surface area contributed by atoms with Gasteiger partial charge in [0, 0.05) is 35.5 Å². The number of hydrogen-bond donors (Lipinski definition) is 0. The fraction of sp³-hybridized carbons (Fsp3) is 0.484. The van der Waals surface area contributed by atoms with Crippen molar-refractivity contribution in [2.45, 2.75) is 90.6 Å². The Morgan fingerprint density at radius 2 is 0.811 bits per heavy atom. The number of fused-ring (bicyclic) bond motifs is 2. The van der Waals surface area contributed by atoms with E-state index in [1.54, 1.807) is 0 Å². The minimum absolute atomic E-state index is 0.310. The molecule has 8 rings (SSSR count). The Hall–Kier alpha value is -4.77. The molecule has 398 valence electrons. The van der Waals surface area contributed by atoms with Gasteiger partial charge < -0.3 is 46.7 Å². The van der Waals surface area contributed by atoms with E-state index in [1.807, 2.05) is 0 Å². The monoisotopic (exact) mass is 1040 g/mol. The first-order valence-corrected chi connectivity index (χ1v) is 33.8. The summed E-state index contributed by atoms with van der Waals surface area (Å²) >= 11 is 0. The fourth-order valence-corrected chi connectivity index (χ4v) is 14.9. The number of ether oxygens (including phenoxy) is 8. The van der Waals surface area contributed by atoms with E-state index in [9.17, 15) is 0 Å². The lowest BCUT2D eigenvalue weighted by Crippen LogP contribution is -2.31. The van der Waals surface area contributed by atoms with Crippen LogP contribution < -0.4 is 18.9 Å². The van der Waals surface area contributed by atoms with Crippen LogP contribution in [0.5, 0.6) is 23.0 Å². The molecule has 4 bridgehead atoms. The summed E-state index contributed by atoms with van der Waals surface area (Å²) in [6.45, 7) is 20.6. The van der Waals surface area contributed by atoms with Gasteiger partial charge in [-0.3, -0.25) is 0 Å². The SMILES string of the molecule is CCO[Si](C)(C)CCC[C@@H]1CCOc2ccc3cc(-c4ccccc4)c4c(c3c2)-c2c(c(-c3ccccc3)cc3ccc(cc23)OCC[C@H]1CCC[Si](C)(C)OCC)OCCOCCOCCOCCOCCO4. The highest BCUT2D eigenvalue weighted by Gasteiger charge is 2.30. The summed E-state index contributed by atoms with van der Waals surface area (Å²) in [5.74, 6) is 4.06. The molecule has 0 spiro atoms. The quantitative estimate of drug-likeness (QED) is 0.0982. The molecule has 10 nitrogen and oxygen atoms in total. The van der Waals surface area contributed by atoms with Gasteiger partial charge in [-0.2, -0.15) is 0 Å². The van der Waals surface area contributed by atoms with Crippen molar-refractivity contribution in [3.05, 3.63) is 109 Å². The predicted octanol–water partition coefficient (Wildman–Crippen LogP) is 14.7. The summed E-state index contributed by atoms with van der Waals surface area (Å²) in [5.41, 5.74) is 5.85. The van der Waals surface area contributed by atoms with Gasteiger partial charge in [0.05, 0.1) is 66.1 Å². The Morgan fingerprint density at radius 3 is 1.19 bits per heavy atom. The maximum absolute atomic E-state index is 7.16. The molecule has 0 aromatic heterocycles. The Kier molecular flexibility index (Phi) is 20.9. The molecular weight excluding hydrogens is 961 g/mol. The van der Waals surface area contributed by atoms with Gasteiger partial charge in [-0.05, 0) is 146 Å². The molecule has 0 saturated carbocycles. The minimum atomic E-state index is -1.76. The van der Waals surface area contributed by atoms with Crippen LogP contribution >= 0.6 is 0 Å². The van der Waals surface area contributed by atoms with Gasteiger partial charge in [-0.1, -0.05) is 98.5 Å². The van der Waals surface area contributed by atoms with Crippen LogP contribution in [0, 0.1) is 11.8 Å². The first-order valence-electron chi connectivity index (χ1n) is 27.6. The van der Waals surface area contributed by atoms with Gasteiger partial charge in [0.1, 0.15) is 36.2 Å². The van der Waals surface area contributed by atoms with Crippen molar-refractivity contribution in [3.63, 3.8) is 0 Å². The molecule has 0 N–H and O–H groups in total. The van der Waals surface area contributed by atoms with Crippen molar-refractivity contribution in [2.24, 2.45) is 11.8 Å². The lowest BCUT2D eigenvalue weighted by Gasteiger charge is -2.30. The third-order valence-corrected chi connectivity index (χ3v) is 19.8. The van der Waals surface area contributed by atoms with Crippen LogP contribution in [0.1, 0.15) is 52.4 Å². The molecule has 0 aliphatic carbocycles. The molecule has 2 atom stereocenters. The predicted molar refractivity (Wildman–Crippen MR) is 306 cm³/mol. The van der Waals surface area contributed by atoms with Crippen molar-refractivity contribution in [3.8, 4) is 56.4 Å². The van der Waals surface area contributed by atoms with E-state index in [4.69, 9.17) is 46.7 Å². The average molecular weight is 1040 g/mol. The Morgan fingerprint density at radius 1 is 0.432 bits per heavy atom. The highest BCUT2D eigenvalue weighted by Crippen LogP contribution is 2.53. The Bertz CT molecular complexity index is 2480. The normalized spacial score (nSPS) is 18.1. The van der Waals surface area contributed by atoms with Crippen LogP contribution in [-0.4, -0.2) is 109 Å². The van der Waals surface area contributed by atoms with Gasteiger partial charge >= 0.3 is 0 Å². The maximum atomic E-state index is 7.16. The molecule has 0 unspecified atom stereocenters. The number of rotatable bonds is 14. The van der Waals surface area contributed by atoms with Gasteiger partial charge in [-0.25, -0.2) is 0 Å². The molecule has 0 amide bonds. The van der Waals surface area contributed by atoms with Gasteiger partial charge in [0.15, 0.2) is 16.6 Å².